The van der Waals surface area contributed by atoms with Crippen LogP contribution < -0.4 is 15.1 Å². The van der Waals surface area contributed by atoms with Crippen LogP contribution in [0.15, 0.2) is 18.5 Å². The summed E-state index contributed by atoms with van der Waals surface area (Å²) in [5, 5.41) is 2.90. The van der Waals surface area contributed by atoms with E-state index in [-0.39, 0.29) is 11.9 Å². The lowest BCUT2D eigenvalue weighted by atomic mass is 9.92. The molecule has 0 bridgehead atoms. The fourth-order valence-corrected chi connectivity index (χ4v) is 3.50. The van der Waals surface area contributed by atoms with Crippen LogP contribution in [-0.4, -0.2) is 65.2 Å². The van der Waals surface area contributed by atoms with E-state index < -0.39 is 5.54 Å². The van der Waals surface area contributed by atoms with Gasteiger partial charge in [0.25, 0.3) is 5.91 Å². The Hall–Kier alpha value is -2.22. The van der Waals surface area contributed by atoms with Crippen molar-refractivity contribution in [2.45, 2.75) is 39.2 Å². The Kier molecular flexibility index (Phi) is 5.41. The zero-order valence-corrected chi connectivity index (χ0v) is 15.9. The maximum Gasteiger partial charge on any atom is 0.329 e. The van der Waals surface area contributed by atoms with Crippen molar-refractivity contribution >= 4 is 17.9 Å². The number of nitrogens with one attached hydrogen (secondary N) is 2. The van der Waals surface area contributed by atoms with Crippen molar-refractivity contribution in [2.75, 3.05) is 37.7 Å². The highest BCUT2D eigenvalue weighted by molar-refractivity contribution is 6.06. The van der Waals surface area contributed by atoms with Crippen LogP contribution in [0.3, 0.4) is 0 Å². The van der Waals surface area contributed by atoms with E-state index in [2.05, 4.69) is 34.0 Å². The van der Waals surface area contributed by atoms with Crippen molar-refractivity contribution in [2.24, 2.45) is 5.92 Å². The van der Waals surface area contributed by atoms with Crippen molar-refractivity contribution in [1.82, 2.24) is 20.2 Å². The predicted octanol–water partition coefficient (Wildman–Crippen LogP) is -0.114. The Balaban J connectivity index is 1.55. The largest absolute Gasteiger partial charge is 0.330 e. The standard InChI is InChI=1S/C18H28N6O2/c1-14(2)5-6-18(3)15(25)24(17(26)21-18)13-22-9-11-23(12-10-22)16-19-7-4-8-20-16/h4,7-8,14H,5-6,9-13H2,1-3H3,(H,21,26)/p+1/t18-/m1/s1. The van der Waals surface area contributed by atoms with Gasteiger partial charge in [-0.25, -0.2) is 19.7 Å². The van der Waals surface area contributed by atoms with Crippen LogP contribution in [0.4, 0.5) is 10.7 Å². The van der Waals surface area contributed by atoms with Crippen LogP contribution in [-0.2, 0) is 4.79 Å². The van der Waals surface area contributed by atoms with Crippen molar-refractivity contribution < 1.29 is 14.5 Å². The molecule has 3 rings (SSSR count). The zero-order valence-electron chi connectivity index (χ0n) is 15.9. The Bertz CT molecular complexity index is 644. The maximum absolute atomic E-state index is 12.8. The second-order valence-corrected chi connectivity index (χ2v) is 7.87. The molecule has 142 valence electrons. The number of carbonyl (C=O) groups excluding carboxylic acids is 2. The highest BCUT2D eigenvalue weighted by atomic mass is 16.2. The Morgan fingerprint density at radius 2 is 1.88 bits per heavy atom. The van der Waals surface area contributed by atoms with Crippen LogP contribution in [0, 0.1) is 5.92 Å². The third-order valence-electron chi connectivity index (χ3n) is 5.25. The first-order chi connectivity index (χ1) is 12.4. The highest BCUT2D eigenvalue weighted by Crippen LogP contribution is 2.24. The summed E-state index contributed by atoms with van der Waals surface area (Å²) in [6, 6.07) is 1.54. The third kappa shape index (κ3) is 3.95. The van der Waals surface area contributed by atoms with Crippen LogP contribution in [0.2, 0.25) is 0 Å². The number of urea groups is 1. The maximum atomic E-state index is 12.8. The molecule has 2 aliphatic rings. The van der Waals surface area contributed by atoms with Crippen molar-refractivity contribution in [3.8, 4) is 0 Å². The van der Waals surface area contributed by atoms with Crippen LogP contribution >= 0.6 is 0 Å². The van der Waals surface area contributed by atoms with E-state index in [4.69, 9.17) is 0 Å². The number of piperazine rings is 1. The lowest BCUT2D eigenvalue weighted by molar-refractivity contribution is -0.907. The van der Waals surface area contributed by atoms with E-state index in [0.29, 0.717) is 19.0 Å². The summed E-state index contributed by atoms with van der Waals surface area (Å²) in [7, 11) is 0. The van der Waals surface area contributed by atoms with E-state index in [9.17, 15) is 9.59 Å². The van der Waals surface area contributed by atoms with E-state index >= 15 is 0 Å². The van der Waals surface area contributed by atoms with Crippen LogP contribution in [0.5, 0.6) is 0 Å². The number of imide groups is 1. The number of hydrogen-bond donors (Lipinski definition) is 2. The molecule has 1 aromatic heterocycles. The van der Waals surface area contributed by atoms with E-state index in [1.165, 1.54) is 9.80 Å². The van der Waals surface area contributed by atoms with Gasteiger partial charge in [0.2, 0.25) is 5.95 Å². The minimum atomic E-state index is -0.763. The molecular formula is C18H29N6O2+. The summed E-state index contributed by atoms with van der Waals surface area (Å²) in [4.78, 5) is 38.5. The van der Waals surface area contributed by atoms with Crippen LogP contribution in [0.25, 0.3) is 0 Å². The minimum Gasteiger partial charge on any atom is -0.330 e. The van der Waals surface area contributed by atoms with Gasteiger partial charge in [-0.1, -0.05) is 13.8 Å². The summed E-state index contributed by atoms with van der Waals surface area (Å²) in [5.41, 5.74) is -0.763. The van der Waals surface area contributed by atoms with Gasteiger partial charge in [-0.15, -0.1) is 0 Å². The third-order valence-corrected chi connectivity index (χ3v) is 5.25. The molecule has 8 nitrogen and oxygen atoms in total. The van der Waals surface area contributed by atoms with Crippen molar-refractivity contribution in [1.29, 1.82) is 0 Å². The van der Waals surface area contributed by atoms with Crippen molar-refractivity contribution in [3.63, 3.8) is 0 Å². The lowest BCUT2D eigenvalue weighted by Crippen LogP contribution is -3.16. The number of carbonyl (C=O) groups is 2. The average molecular weight is 361 g/mol. The molecule has 26 heavy (non-hydrogen) atoms. The Morgan fingerprint density at radius 1 is 1.23 bits per heavy atom. The number of anilines is 1. The summed E-state index contributed by atoms with van der Waals surface area (Å²) < 4.78 is 0. The Morgan fingerprint density at radius 3 is 2.50 bits per heavy atom. The van der Waals surface area contributed by atoms with Gasteiger partial charge < -0.3 is 15.1 Å². The van der Waals surface area contributed by atoms with E-state index in [1.54, 1.807) is 18.5 Å². The SMILES string of the molecule is CC(C)CC[C@@]1(C)NC(=O)N(C[NH+]2CCN(c3ncccn3)CC2)C1=O. The molecule has 2 N–H and O–H groups in total. The summed E-state index contributed by atoms with van der Waals surface area (Å²) in [6.07, 6.45) is 5.08. The molecule has 0 aromatic carbocycles. The number of aromatic nitrogens is 2. The van der Waals surface area contributed by atoms with Gasteiger partial charge in [-0.05, 0) is 31.7 Å². The molecule has 2 fully saturated rings. The number of hydrogen-bond acceptors (Lipinski definition) is 5. The molecule has 1 atom stereocenters. The molecular weight excluding hydrogens is 332 g/mol. The average Bonchev–Trinajstić information content (AvgIpc) is 2.85. The van der Waals surface area contributed by atoms with E-state index in [1.807, 2.05) is 6.92 Å². The van der Waals surface area contributed by atoms with Gasteiger partial charge in [-0.3, -0.25) is 4.79 Å². The van der Waals surface area contributed by atoms with Gasteiger partial charge in [0, 0.05) is 12.4 Å². The molecule has 2 saturated heterocycles. The predicted molar refractivity (Wildman–Crippen MR) is 97.7 cm³/mol. The Labute approximate surface area is 154 Å². The summed E-state index contributed by atoms with van der Waals surface area (Å²) >= 11 is 0. The molecule has 3 heterocycles. The van der Waals surface area contributed by atoms with Crippen molar-refractivity contribution in [3.05, 3.63) is 18.5 Å². The summed E-state index contributed by atoms with van der Waals surface area (Å²) in [5.74, 6) is 1.15. The molecule has 3 amide bonds. The molecule has 1 aromatic rings. The number of quaternary nitrogens is 1. The highest BCUT2D eigenvalue weighted by Gasteiger charge is 2.48. The smallest absolute Gasteiger partial charge is 0.329 e. The second-order valence-electron chi connectivity index (χ2n) is 7.87. The van der Waals surface area contributed by atoms with Gasteiger partial charge in [0.1, 0.15) is 5.54 Å². The number of rotatable bonds is 6. The monoisotopic (exact) mass is 361 g/mol. The fraction of sp³-hybridized carbons (Fsp3) is 0.667. The topological polar surface area (TPSA) is 82.9 Å². The first kappa shape index (κ1) is 18.6. The van der Waals surface area contributed by atoms with Crippen LogP contribution in [0.1, 0.15) is 33.6 Å². The molecule has 0 saturated carbocycles. The van der Waals surface area contributed by atoms with Gasteiger partial charge >= 0.3 is 6.03 Å². The molecule has 0 aliphatic carbocycles. The molecule has 0 spiro atoms. The molecule has 2 aliphatic heterocycles. The molecule has 0 unspecified atom stereocenters. The van der Waals surface area contributed by atoms with Gasteiger partial charge in [0.15, 0.2) is 6.67 Å². The van der Waals surface area contributed by atoms with Gasteiger partial charge in [-0.2, -0.15) is 0 Å². The quantitative estimate of drug-likeness (QED) is 0.691. The molecule has 8 heteroatoms. The minimum absolute atomic E-state index is 0.0931. The van der Waals surface area contributed by atoms with E-state index in [0.717, 1.165) is 38.5 Å². The van der Waals surface area contributed by atoms with Gasteiger partial charge in [0.05, 0.1) is 26.2 Å². The molecule has 0 radical (unpaired) electrons. The normalized spacial score (nSPS) is 24.5. The first-order valence-electron chi connectivity index (χ1n) is 9.39. The first-order valence-corrected chi connectivity index (χ1v) is 9.39. The zero-order chi connectivity index (χ0) is 18.7. The second kappa shape index (κ2) is 7.57. The number of amides is 3. The number of nitrogens with zero attached hydrogens (tertiary/aromatic N) is 4. The summed E-state index contributed by atoms with van der Waals surface area (Å²) in [6.45, 7) is 9.84. The lowest BCUT2D eigenvalue weighted by Gasteiger charge is -2.33. The fourth-order valence-electron chi connectivity index (χ4n) is 3.50.